The SMILES string of the molecule is Cc1nc2sc3c(SCC(=O)Nc4ccc(Cl)cc4Cl)ncnc3c2c2c1COC(C)(C)C2. The van der Waals surface area contributed by atoms with E-state index < -0.39 is 0 Å². The van der Waals surface area contributed by atoms with Crippen LogP contribution < -0.4 is 5.32 Å². The first-order valence-corrected chi connectivity index (χ1v) is 12.8. The van der Waals surface area contributed by atoms with Crippen molar-refractivity contribution < 1.29 is 9.53 Å². The monoisotopic (exact) mass is 518 g/mol. The zero-order chi connectivity index (χ0) is 23.3. The first-order chi connectivity index (χ1) is 15.7. The molecule has 1 aliphatic rings. The van der Waals surface area contributed by atoms with E-state index in [-0.39, 0.29) is 17.3 Å². The Balaban J connectivity index is 1.46. The number of thioether (sulfide) groups is 1. The van der Waals surface area contributed by atoms with Crippen molar-refractivity contribution in [3.8, 4) is 0 Å². The van der Waals surface area contributed by atoms with Crippen molar-refractivity contribution in [1.82, 2.24) is 15.0 Å². The molecule has 4 aromatic rings. The van der Waals surface area contributed by atoms with Gasteiger partial charge in [0.25, 0.3) is 0 Å². The van der Waals surface area contributed by atoms with Gasteiger partial charge in [-0.3, -0.25) is 4.79 Å². The predicted octanol–water partition coefficient (Wildman–Crippen LogP) is 6.44. The predicted molar refractivity (Wildman–Crippen MR) is 136 cm³/mol. The number of benzene rings is 1. The van der Waals surface area contributed by atoms with Crippen LogP contribution in [0.25, 0.3) is 20.4 Å². The van der Waals surface area contributed by atoms with Gasteiger partial charge in [-0.05, 0) is 44.5 Å². The van der Waals surface area contributed by atoms with Crippen LogP contribution in [0.2, 0.25) is 10.0 Å². The molecule has 0 saturated heterocycles. The standard InChI is InChI=1S/C23H20Cl2N4O2S2/c1-11-14-8-31-23(2,3)7-13(14)18-19-20(33-21(18)28-11)22(27-10-26-19)32-9-17(30)29-16-5-4-12(24)6-15(16)25/h4-6,10H,7-9H2,1-3H3,(H,29,30). The highest BCUT2D eigenvalue weighted by molar-refractivity contribution is 8.00. The number of hydrogen-bond acceptors (Lipinski definition) is 7. The molecule has 10 heteroatoms. The normalized spacial score (nSPS) is 15.1. The second kappa shape index (κ2) is 8.67. The summed E-state index contributed by atoms with van der Waals surface area (Å²) in [5, 5.41) is 5.57. The number of amides is 1. The number of anilines is 1. The smallest absolute Gasteiger partial charge is 0.234 e. The molecule has 3 aromatic heterocycles. The van der Waals surface area contributed by atoms with Crippen LogP contribution in [0.5, 0.6) is 0 Å². The number of fused-ring (bicyclic) bond motifs is 5. The van der Waals surface area contributed by atoms with Gasteiger partial charge in [0.05, 0.1) is 38.9 Å². The Morgan fingerprint density at radius 2 is 2.09 bits per heavy atom. The Bertz CT molecular complexity index is 1420. The van der Waals surface area contributed by atoms with Crippen molar-refractivity contribution in [2.45, 2.75) is 44.4 Å². The molecule has 33 heavy (non-hydrogen) atoms. The molecular weight excluding hydrogens is 499 g/mol. The maximum Gasteiger partial charge on any atom is 0.234 e. The van der Waals surface area contributed by atoms with Gasteiger partial charge in [0.1, 0.15) is 16.2 Å². The van der Waals surface area contributed by atoms with E-state index in [0.717, 1.165) is 43.1 Å². The summed E-state index contributed by atoms with van der Waals surface area (Å²) in [4.78, 5) is 27.4. The van der Waals surface area contributed by atoms with E-state index in [2.05, 4.69) is 29.1 Å². The Labute approximate surface area is 209 Å². The number of thiophene rings is 1. The van der Waals surface area contributed by atoms with Gasteiger partial charge >= 0.3 is 0 Å². The molecule has 0 spiro atoms. The van der Waals surface area contributed by atoms with Crippen molar-refractivity contribution >= 4 is 78.3 Å². The number of carbonyl (C=O) groups is 1. The molecule has 5 rings (SSSR count). The van der Waals surface area contributed by atoms with E-state index in [0.29, 0.717) is 22.3 Å². The van der Waals surface area contributed by atoms with Crippen LogP contribution >= 0.6 is 46.3 Å². The first-order valence-electron chi connectivity index (χ1n) is 10.3. The largest absolute Gasteiger partial charge is 0.370 e. The molecule has 1 amide bonds. The number of hydrogen-bond donors (Lipinski definition) is 1. The van der Waals surface area contributed by atoms with Crippen molar-refractivity contribution in [2.75, 3.05) is 11.1 Å². The number of aryl methyl sites for hydroxylation is 1. The molecule has 0 bridgehead atoms. The second-order valence-electron chi connectivity index (χ2n) is 8.48. The average molecular weight is 519 g/mol. The van der Waals surface area contributed by atoms with Crippen LogP contribution in [0.4, 0.5) is 5.69 Å². The zero-order valence-corrected chi connectivity index (χ0v) is 21.3. The van der Waals surface area contributed by atoms with Crippen LogP contribution in [0.15, 0.2) is 29.6 Å². The van der Waals surface area contributed by atoms with Gasteiger partial charge in [0.15, 0.2) is 0 Å². The molecule has 6 nitrogen and oxygen atoms in total. The summed E-state index contributed by atoms with van der Waals surface area (Å²) in [5.74, 6) is 0.00688. The van der Waals surface area contributed by atoms with Gasteiger partial charge in [0.2, 0.25) is 5.91 Å². The fraction of sp³-hybridized carbons (Fsp3) is 0.304. The van der Waals surface area contributed by atoms with Crippen LogP contribution in [0.1, 0.15) is 30.7 Å². The van der Waals surface area contributed by atoms with Crippen LogP contribution in [0, 0.1) is 6.92 Å². The first kappa shape index (κ1) is 22.8. The topological polar surface area (TPSA) is 77.0 Å². The summed E-state index contributed by atoms with van der Waals surface area (Å²) in [6, 6.07) is 4.97. The molecule has 0 saturated carbocycles. The number of ether oxygens (including phenoxy) is 1. The van der Waals surface area contributed by atoms with E-state index in [1.54, 1.807) is 35.9 Å². The van der Waals surface area contributed by atoms with Crippen molar-refractivity contribution in [3.05, 3.63) is 51.4 Å². The van der Waals surface area contributed by atoms with Crippen LogP contribution in [-0.4, -0.2) is 32.2 Å². The van der Waals surface area contributed by atoms with Crippen molar-refractivity contribution in [3.63, 3.8) is 0 Å². The van der Waals surface area contributed by atoms with Gasteiger partial charge in [-0.15, -0.1) is 11.3 Å². The third-order valence-electron chi connectivity index (χ3n) is 5.55. The molecule has 4 heterocycles. The van der Waals surface area contributed by atoms with Gasteiger partial charge in [-0.25, -0.2) is 15.0 Å². The molecule has 1 N–H and O–H groups in total. The molecule has 0 aliphatic carbocycles. The summed E-state index contributed by atoms with van der Waals surface area (Å²) < 4.78 is 6.97. The molecule has 0 radical (unpaired) electrons. The summed E-state index contributed by atoms with van der Waals surface area (Å²) in [6.07, 6.45) is 2.35. The number of aromatic nitrogens is 3. The van der Waals surface area contributed by atoms with E-state index >= 15 is 0 Å². The lowest BCUT2D eigenvalue weighted by molar-refractivity contribution is -0.113. The third kappa shape index (κ3) is 4.42. The number of pyridine rings is 1. The van der Waals surface area contributed by atoms with E-state index in [1.165, 1.54) is 17.3 Å². The van der Waals surface area contributed by atoms with Crippen molar-refractivity contribution in [1.29, 1.82) is 0 Å². The lowest BCUT2D eigenvalue weighted by Crippen LogP contribution is -2.32. The molecule has 0 unspecified atom stereocenters. The summed E-state index contributed by atoms with van der Waals surface area (Å²) >= 11 is 15.0. The van der Waals surface area contributed by atoms with Gasteiger partial charge < -0.3 is 10.1 Å². The summed E-state index contributed by atoms with van der Waals surface area (Å²) in [7, 11) is 0. The fourth-order valence-corrected chi connectivity index (χ4v) is 6.50. The quantitative estimate of drug-likeness (QED) is 0.247. The maximum atomic E-state index is 12.5. The van der Waals surface area contributed by atoms with E-state index in [4.69, 9.17) is 32.9 Å². The minimum absolute atomic E-state index is 0.178. The van der Waals surface area contributed by atoms with Crippen LogP contribution in [-0.2, 0) is 22.6 Å². The van der Waals surface area contributed by atoms with Crippen LogP contribution in [0.3, 0.4) is 0 Å². The molecule has 1 aliphatic heterocycles. The molecule has 0 atom stereocenters. The maximum absolute atomic E-state index is 12.5. The van der Waals surface area contributed by atoms with Gasteiger partial charge in [-0.1, -0.05) is 35.0 Å². The van der Waals surface area contributed by atoms with E-state index in [1.807, 2.05) is 6.92 Å². The molecule has 0 fully saturated rings. The van der Waals surface area contributed by atoms with Gasteiger partial charge in [0, 0.05) is 28.1 Å². The minimum Gasteiger partial charge on any atom is -0.370 e. The van der Waals surface area contributed by atoms with Crippen molar-refractivity contribution in [2.24, 2.45) is 0 Å². The number of rotatable bonds is 4. The highest BCUT2D eigenvalue weighted by atomic mass is 35.5. The molecule has 170 valence electrons. The lowest BCUT2D eigenvalue weighted by Gasteiger charge is -2.32. The summed E-state index contributed by atoms with van der Waals surface area (Å²) in [6.45, 7) is 6.79. The Morgan fingerprint density at radius 3 is 2.88 bits per heavy atom. The minimum atomic E-state index is -0.242. The highest BCUT2D eigenvalue weighted by Gasteiger charge is 2.31. The summed E-state index contributed by atoms with van der Waals surface area (Å²) in [5.41, 5.74) is 4.56. The third-order valence-corrected chi connectivity index (χ3v) is 8.29. The second-order valence-corrected chi connectivity index (χ2v) is 11.3. The molecule has 1 aromatic carbocycles. The Morgan fingerprint density at radius 1 is 1.27 bits per heavy atom. The zero-order valence-electron chi connectivity index (χ0n) is 18.2. The average Bonchev–Trinajstić information content (AvgIpc) is 3.12. The number of carbonyl (C=O) groups excluding carboxylic acids is 1. The Hall–Kier alpha value is -1.97. The Kier molecular flexibility index (Phi) is 5.99. The lowest BCUT2D eigenvalue weighted by atomic mass is 9.89. The highest BCUT2D eigenvalue weighted by Crippen LogP contribution is 2.42. The number of nitrogens with zero attached hydrogens (tertiary/aromatic N) is 3. The fourth-order valence-electron chi connectivity index (χ4n) is 3.96. The molecular formula is C23H20Cl2N4O2S2. The van der Waals surface area contributed by atoms with Gasteiger partial charge in [-0.2, -0.15) is 0 Å². The number of nitrogens with one attached hydrogen (secondary N) is 1. The van der Waals surface area contributed by atoms with E-state index in [9.17, 15) is 4.79 Å². The number of halogens is 2.